The summed E-state index contributed by atoms with van der Waals surface area (Å²) in [5, 5.41) is 3.30. The molecule has 1 N–H and O–H groups in total. The van der Waals surface area contributed by atoms with E-state index in [0.717, 1.165) is 11.3 Å². The van der Waals surface area contributed by atoms with Gasteiger partial charge in [0.2, 0.25) is 11.9 Å². The maximum atomic E-state index is 11.8. The standard InChI is InChI=1S/C15H14ClN5O2/c1-9-14(22)19-15-18-11-2-3-12(13(16)10(11)6-21(9)15)23-8-20-5-4-17-7-20/h2-5,7,9H,6,8H2,1H3,(H,18,19,22). The highest BCUT2D eigenvalue weighted by Gasteiger charge is 2.36. The molecule has 2 aliphatic rings. The summed E-state index contributed by atoms with van der Waals surface area (Å²) in [6.07, 6.45) is 5.17. The Balaban J connectivity index is 1.62. The number of aromatic nitrogens is 2. The maximum absolute atomic E-state index is 11.8. The van der Waals surface area contributed by atoms with Crippen LogP contribution >= 0.6 is 11.6 Å². The molecule has 0 aliphatic carbocycles. The van der Waals surface area contributed by atoms with Gasteiger partial charge in [-0.3, -0.25) is 10.1 Å². The molecule has 2 aromatic rings. The van der Waals surface area contributed by atoms with Crippen LogP contribution in [0.4, 0.5) is 5.69 Å². The first-order chi connectivity index (χ1) is 11.1. The molecule has 1 atom stereocenters. The first-order valence-corrected chi connectivity index (χ1v) is 7.57. The van der Waals surface area contributed by atoms with E-state index >= 15 is 0 Å². The second-order valence-electron chi connectivity index (χ2n) is 5.45. The SMILES string of the molecule is CC1C(=O)NC2=Nc3ccc(OCn4ccnc4)c(Cl)c3CN21. The van der Waals surface area contributed by atoms with Crippen molar-refractivity contribution in [3.05, 3.63) is 41.4 Å². The minimum Gasteiger partial charge on any atom is -0.471 e. The van der Waals surface area contributed by atoms with E-state index < -0.39 is 0 Å². The van der Waals surface area contributed by atoms with Gasteiger partial charge in [0.05, 0.1) is 23.6 Å². The van der Waals surface area contributed by atoms with E-state index in [4.69, 9.17) is 16.3 Å². The lowest BCUT2D eigenvalue weighted by Gasteiger charge is -2.27. The summed E-state index contributed by atoms with van der Waals surface area (Å²) in [7, 11) is 0. The third-order valence-electron chi connectivity index (χ3n) is 4.02. The first kappa shape index (κ1) is 14.1. The minimum absolute atomic E-state index is 0.0516. The Kier molecular flexibility index (Phi) is 3.23. The van der Waals surface area contributed by atoms with Crippen LogP contribution in [0, 0.1) is 0 Å². The van der Waals surface area contributed by atoms with Gasteiger partial charge in [-0.15, -0.1) is 0 Å². The number of amides is 1. The molecule has 1 aromatic carbocycles. The Morgan fingerprint density at radius 3 is 3.13 bits per heavy atom. The van der Waals surface area contributed by atoms with Crippen molar-refractivity contribution in [2.24, 2.45) is 4.99 Å². The molecular formula is C15H14ClN5O2. The van der Waals surface area contributed by atoms with Crippen LogP contribution in [0.3, 0.4) is 0 Å². The highest BCUT2D eigenvalue weighted by Crippen LogP contribution is 2.39. The van der Waals surface area contributed by atoms with Crippen LogP contribution in [0.1, 0.15) is 12.5 Å². The molecule has 118 valence electrons. The van der Waals surface area contributed by atoms with Crippen LogP contribution < -0.4 is 10.1 Å². The number of halogens is 1. The number of nitrogens with one attached hydrogen (secondary N) is 1. The Hall–Kier alpha value is -2.54. The monoisotopic (exact) mass is 331 g/mol. The number of hydrogen-bond donors (Lipinski definition) is 1. The molecule has 23 heavy (non-hydrogen) atoms. The molecule has 1 saturated heterocycles. The molecule has 0 saturated carbocycles. The first-order valence-electron chi connectivity index (χ1n) is 7.19. The molecule has 1 unspecified atom stereocenters. The summed E-state index contributed by atoms with van der Waals surface area (Å²) < 4.78 is 7.55. The average molecular weight is 332 g/mol. The summed E-state index contributed by atoms with van der Waals surface area (Å²) in [6.45, 7) is 2.69. The van der Waals surface area contributed by atoms with Gasteiger partial charge in [0.25, 0.3) is 0 Å². The number of hydrogen-bond acceptors (Lipinski definition) is 5. The number of benzene rings is 1. The predicted molar refractivity (Wildman–Crippen MR) is 84.5 cm³/mol. The van der Waals surface area contributed by atoms with E-state index in [9.17, 15) is 4.79 Å². The number of carbonyl (C=O) groups excluding carboxylic acids is 1. The molecule has 0 bridgehead atoms. The van der Waals surface area contributed by atoms with Crippen LogP contribution in [-0.2, 0) is 18.1 Å². The Morgan fingerprint density at radius 2 is 2.35 bits per heavy atom. The van der Waals surface area contributed by atoms with E-state index in [2.05, 4.69) is 15.3 Å². The molecule has 4 rings (SSSR count). The lowest BCUT2D eigenvalue weighted by Crippen LogP contribution is -2.35. The zero-order chi connectivity index (χ0) is 16.0. The fourth-order valence-electron chi connectivity index (χ4n) is 2.66. The van der Waals surface area contributed by atoms with Gasteiger partial charge in [-0.25, -0.2) is 9.98 Å². The average Bonchev–Trinajstić information content (AvgIpc) is 3.15. The molecule has 2 aliphatic heterocycles. The van der Waals surface area contributed by atoms with Crippen LogP contribution in [0.5, 0.6) is 5.75 Å². The van der Waals surface area contributed by atoms with Gasteiger partial charge in [-0.1, -0.05) is 11.6 Å². The van der Waals surface area contributed by atoms with Crippen molar-refractivity contribution in [3.63, 3.8) is 0 Å². The number of fused-ring (bicyclic) bond motifs is 2. The second kappa shape index (κ2) is 5.27. The largest absolute Gasteiger partial charge is 0.471 e. The van der Waals surface area contributed by atoms with Gasteiger partial charge < -0.3 is 14.2 Å². The predicted octanol–water partition coefficient (Wildman–Crippen LogP) is 1.89. The molecule has 7 nitrogen and oxygen atoms in total. The zero-order valence-corrected chi connectivity index (χ0v) is 13.1. The van der Waals surface area contributed by atoms with E-state index in [1.165, 1.54) is 0 Å². The lowest BCUT2D eigenvalue weighted by molar-refractivity contribution is -0.121. The van der Waals surface area contributed by atoms with E-state index in [-0.39, 0.29) is 11.9 Å². The van der Waals surface area contributed by atoms with Gasteiger partial charge in [-0.05, 0) is 19.1 Å². The van der Waals surface area contributed by atoms with Crippen molar-refractivity contribution in [2.45, 2.75) is 26.2 Å². The number of imidazole rings is 1. The highest BCUT2D eigenvalue weighted by atomic mass is 35.5. The number of ether oxygens (including phenoxy) is 1. The van der Waals surface area contributed by atoms with Crippen molar-refractivity contribution >= 4 is 29.2 Å². The fraction of sp³-hybridized carbons (Fsp3) is 0.267. The molecule has 3 heterocycles. The summed E-state index contributed by atoms with van der Waals surface area (Å²) in [5.74, 6) is 1.12. The number of carbonyl (C=O) groups is 1. The normalized spacial score (nSPS) is 19.0. The molecule has 1 aromatic heterocycles. The van der Waals surface area contributed by atoms with Gasteiger partial charge in [0.15, 0.2) is 6.73 Å². The van der Waals surface area contributed by atoms with Gasteiger partial charge >= 0.3 is 0 Å². The molecule has 0 spiro atoms. The zero-order valence-electron chi connectivity index (χ0n) is 12.4. The van der Waals surface area contributed by atoms with Gasteiger partial charge in [0, 0.05) is 18.0 Å². The third-order valence-corrected chi connectivity index (χ3v) is 4.43. The Morgan fingerprint density at radius 1 is 1.48 bits per heavy atom. The summed E-state index contributed by atoms with van der Waals surface area (Å²) in [5.41, 5.74) is 1.62. The fourth-order valence-corrected chi connectivity index (χ4v) is 2.94. The molecular weight excluding hydrogens is 318 g/mol. The summed E-state index contributed by atoms with van der Waals surface area (Å²) in [6, 6.07) is 3.38. The van der Waals surface area contributed by atoms with Crippen molar-refractivity contribution in [1.29, 1.82) is 0 Å². The smallest absolute Gasteiger partial charge is 0.249 e. The Bertz CT molecular complexity index is 802. The van der Waals surface area contributed by atoms with Crippen molar-refractivity contribution < 1.29 is 9.53 Å². The summed E-state index contributed by atoms with van der Waals surface area (Å²) in [4.78, 5) is 22.1. The van der Waals surface area contributed by atoms with Crippen LogP contribution in [0.25, 0.3) is 0 Å². The van der Waals surface area contributed by atoms with Crippen LogP contribution in [0.15, 0.2) is 35.8 Å². The lowest BCUT2D eigenvalue weighted by atomic mass is 10.1. The maximum Gasteiger partial charge on any atom is 0.249 e. The highest BCUT2D eigenvalue weighted by molar-refractivity contribution is 6.33. The van der Waals surface area contributed by atoms with Crippen LogP contribution in [-0.4, -0.2) is 32.4 Å². The number of guanidine groups is 1. The van der Waals surface area contributed by atoms with E-state index in [1.54, 1.807) is 23.2 Å². The minimum atomic E-state index is -0.256. The van der Waals surface area contributed by atoms with E-state index in [1.807, 2.05) is 24.1 Å². The van der Waals surface area contributed by atoms with Gasteiger partial charge in [0.1, 0.15) is 11.8 Å². The van der Waals surface area contributed by atoms with Crippen molar-refractivity contribution in [3.8, 4) is 5.75 Å². The van der Waals surface area contributed by atoms with Gasteiger partial charge in [-0.2, -0.15) is 0 Å². The summed E-state index contributed by atoms with van der Waals surface area (Å²) >= 11 is 6.49. The van der Waals surface area contributed by atoms with Crippen molar-refractivity contribution in [2.75, 3.05) is 0 Å². The van der Waals surface area contributed by atoms with E-state index in [0.29, 0.717) is 30.0 Å². The van der Waals surface area contributed by atoms with Crippen molar-refractivity contribution in [1.82, 2.24) is 19.8 Å². The second-order valence-corrected chi connectivity index (χ2v) is 5.83. The number of rotatable bonds is 3. The molecule has 8 heteroatoms. The molecule has 1 amide bonds. The van der Waals surface area contributed by atoms with Crippen LogP contribution in [0.2, 0.25) is 5.02 Å². The quantitative estimate of drug-likeness (QED) is 0.932. The number of nitrogens with zero attached hydrogens (tertiary/aromatic N) is 4. The number of aliphatic imine (C=N–C) groups is 1. The molecule has 0 radical (unpaired) electrons. The third kappa shape index (κ3) is 2.33. The topological polar surface area (TPSA) is 71.7 Å². The Labute approximate surface area is 137 Å². The molecule has 1 fully saturated rings.